The molecular formula is C34H65NO14Si. The molecule has 1 saturated heterocycles. The van der Waals surface area contributed by atoms with Crippen LogP contribution < -0.4 is 5.32 Å². The minimum atomic E-state index is -2.30. The number of aliphatic hydroxyl groups excluding tert-OH is 1. The summed E-state index contributed by atoms with van der Waals surface area (Å²) in [6.07, 6.45) is -1.09. The highest BCUT2D eigenvalue weighted by molar-refractivity contribution is 6.74. The number of carboxylic acids is 1. The number of hydrogen-bond acceptors (Lipinski definition) is 13. The van der Waals surface area contributed by atoms with E-state index in [1.54, 1.807) is 0 Å². The number of hydrogen-bond donors (Lipinski definition) is 3. The molecule has 0 aliphatic carbocycles. The Balaban J connectivity index is 2.14. The van der Waals surface area contributed by atoms with Crippen LogP contribution in [-0.4, -0.2) is 153 Å². The molecule has 0 radical (unpaired) electrons. The summed E-state index contributed by atoms with van der Waals surface area (Å²) in [5, 5.41) is 22.4. The molecule has 0 aromatic carbocycles. The number of ketones is 1. The summed E-state index contributed by atoms with van der Waals surface area (Å²) in [4.78, 5) is 34.7. The Morgan fingerprint density at radius 2 is 1.22 bits per heavy atom. The number of aliphatic hydroxyl groups is 1. The molecule has 0 bridgehead atoms. The zero-order valence-electron chi connectivity index (χ0n) is 31.4. The van der Waals surface area contributed by atoms with Gasteiger partial charge in [0.15, 0.2) is 14.6 Å². The lowest BCUT2D eigenvalue weighted by molar-refractivity contribution is -0.264. The fraction of sp³-hybridized carbons (Fsp3) is 0.912. The van der Waals surface area contributed by atoms with Crippen molar-refractivity contribution in [1.82, 2.24) is 5.32 Å². The maximum absolute atomic E-state index is 12.2. The first-order valence-corrected chi connectivity index (χ1v) is 20.7. The summed E-state index contributed by atoms with van der Waals surface area (Å²) in [6.45, 7) is 18.5. The average molecular weight is 740 g/mol. The lowest BCUT2D eigenvalue weighted by Crippen LogP contribution is -2.67. The van der Waals surface area contributed by atoms with Crippen molar-refractivity contribution in [3.8, 4) is 0 Å². The Morgan fingerprint density at radius 1 is 0.740 bits per heavy atom. The van der Waals surface area contributed by atoms with Crippen molar-refractivity contribution in [2.75, 3.05) is 85.9 Å². The van der Waals surface area contributed by atoms with Gasteiger partial charge in [0, 0.05) is 26.4 Å². The van der Waals surface area contributed by atoms with Crippen molar-refractivity contribution in [3.05, 3.63) is 0 Å². The maximum Gasteiger partial charge on any atom is 0.305 e. The summed E-state index contributed by atoms with van der Waals surface area (Å²) in [7, 11) is -2.30. The zero-order valence-corrected chi connectivity index (χ0v) is 32.4. The van der Waals surface area contributed by atoms with Crippen LogP contribution in [0.2, 0.25) is 18.1 Å². The number of carbonyl (C=O) groups excluding carboxylic acids is 2. The standard InChI is InChI=1S/C34H65NO14Si/c1-8-28-31(40)32(49-50(6,7)34(3,4)5)30(35-26(2)36)33(48-28)47-25-24-41-13-9-10-27(37)11-14-42-16-18-44-20-22-46-23-21-45-19-17-43-15-12-29(38)39/h28,30-33,40H,8-25H2,1-7H3,(H,35,36)(H,38,39). The number of rotatable bonds is 30. The van der Waals surface area contributed by atoms with Gasteiger partial charge in [-0.05, 0) is 31.0 Å². The Kier molecular flexibility index (Phi) is 24.4. The number of amides is 1. The zero-order chi connectivity index (χ0) is 37.4. The van der Waals surface area contributed by atoms with E-state index < -0.39 is 44.9 Å². The molecule has 0 spiro atoms. The predicted octanol–water partition coefficient (Wildman–Crippen LogP) is 2.71. The molecule has 0 aromatic heterocycles. The highest BCUT2D eigenvalue weighted by atomic mass is 28.4. The van der Waals surface area contributed by atoms with Crippen LogP contribution in [0, 0.1) is 0 Å². The minimum Gasteiger partial charge on any atom is -0.481 e. The normalized spacial score (nSPS) is 21.3. The number of nitrogens with one attached hydrogen (secondary N) is 1. The third-order valence-corrected chi connectivity index (χ3v) is 12.9. The largest absolute Gasteiger partial charge is 0.481 e. The number of carbonyl (C=O) groups is 3. The van der Waals surface area contributed by atoms with Gasteiger partial charge in [-0.3, -0.25) is 14.4 Å². The van der Waals surface area contributed by atoms with Gasteiger partial charge >= 0.3 is 5.97 Å². The first kappa shape index (κ1) is 46.4. The summed E-state index contributed by atoms with van der Waals surface area (Å²) in [5.41, 5.74) is 0. The van der Waals surface area contributed by atoms with Gasteiger partial charge in [0.1, 0.15) is 17.9 Å². The smallest absolute Gasteiger partial charge is 0.305 e. The molecule has 16 heteroatoms. The van der Waals surface area contributed by atoms with Crippen LogP contribution in [0.15, 0.2) is 0 Å². The van der Waals surface area contributed by atoms with Crippen LogP contribution in [0.4, 0.5) is 0 Å². The van der Waals surface area contributed by atoms with E-state index in [1.807, 2.05) is 6.92 Å². The molecule has 1 aliphatic heterocycles. The van der Waals surface area contributed by atoms with Gasteiger partial charge in [-0.2, -0.15) is 0 Å². The van der Waals surface area contributed by atoms with Gasteiger partial charge in [0.2, 0.25) is 5.91 Å². The van der Waals surface area contributed by atoms with Crippen LogP contribution >= 0.6 is 0 Å². The van der Waals surface area contributed by atoms with Gasteiger partial charge in [-0.1, -0.05) is 27.7 Å². The molecular weight excluding hydrogens is 674 g/mol. The van der Waals surface area contributed by atoms with Crippen molar-refractivity contribution in [2.45, 2.75) is 115 Å². The molecule has 0 aromatic rings. The van der Waals surface area contributed by atoms with E-state index in [4.69, 9.17) is 47.4 Å². The van der Waals surface area contributed by atoms with E-state index in [9.17, 15) is 19.5 Å². The van der Waals surface area contributed by atoms with Gasteiger partial charge in [0.05, 0.1) is 97.9 Å². The number of aliphatic carboxylic acids is 1. The average Bonchev–Trinajstić information content (AvgIpc) is 3.03. The minimum absolute atomic E-state index is 0.0202. The Hall–Kier alpha value is -1.57. The molecule has 1 aliphatic rings. The van der Waals surface area contributed by atoms with Crippen molar-refractivity contribution in [1.29, 1.82) is 0 Å². The third kappa shape index (κ3) is 20.5. The predicted molar refractivity (Wildman–Crippen MR) is 187 cm³/mol. The van der Waals surface area contributed by atoms with E-state index in [-0.39, 0.29) is 43.0 Å². The summed E-state index contributed by atoms with van der Waals surface area (Å²) < 4.78 is 51.1. The van der Waals surface area contributed by atoms with Crippen molar-refractivity contribution in [3.63, 3.8) is 0 Å². The van der Waals surface area contributed by atoms with Crippen molar-refractivity contribution >= 4 is 26.0 Å². The topological polar surface area (TPSA) is 187 Å². The molecule has 1 fully saturated rings. The van der Waals surface area contributed by atoms with Gasteiger partial charge < -0.3 is 57.9 Å². The molecule has 0 saturated carbocycles. The van der Waals surface area contributed by atoms with Gasteiger partial charge in [0.25, 0.3) is 0 Å². The Labute approximate surface area is 299 Å². The van der Waals surface area contributed by atoms with Gasteiger partial charge in [-0.25, -0.2) is 0 Å². The first-order chi connectivity index (χ1) is 23.7. The fourth-order valence-corrected chi connectivity index (χ4v) is 5.91. The van der Waals surface area contributed by atoms with Crippen LogP contribution in [-0.2, 0) is 56.7 Å². The summed E-state index contributed by atoms with van der Waals surface area (Å²) >= 11 is 0. The maximum atomic E-state index is 12.2. The van der Waals surface area contributed by atoms with E-state index in [0.29, 0.717) is 91.8 Å². The highest BCUT2D eigenvalue weighted by Crippen LogP contribution is 2.39. The second-order valence-corrected chi connectivity index (χ2v) is 18.3. The monoisotopic (exact) mass is 739 g/mol. The number of Topliss-reactive ketones (excluding diaryl/α,β-unsaturated/α-hetero) is 1. The molecule has 5 atom stereocenters. The molecule has 50 heavy (non-hydrogen) atoms. The Morgan fingerprint density at radius 3 is 1.70 bits per heavy atom. The summed E-state index contributed by atoms with van der Waals surface area (Å²) in [5.74, 6) is -1.06. The SMILES string of the molecule is CCC1OC(OCCOCCCC(=O)CCOCCOCCOCCOCCOCCC(=O)O)C(NC(C)=O)C(O[Si](C)(C)C(C)(C)C)C1O. The molecule has 1 heterocycles. The molecule has 1 amide bonds. The highest BCUT2D eigenvalue weighted by Gasteiger charge is 2.50. The van der Waals surface area contributed by atoms with Crippen molar-refractivity contribution in [2.24, 2.45) is 0 Å². The molecule has 5 unspecified atom stereocenters. The first-order valence-electron chi connectivity index (χ1n) is 17.8. The quantitative estimate of drug-likeness (QED) is 0.0721. The third-order valence-electron chi connectivity index (χ3n) is 8.41. The number of carboxylic acid groups (broad SMARTS) is 1. The van der Waals surface area contributed by atoms with E-state index in [2.05, 4.69) is 39.2 Å². The van der Waals surface area contributed by atoms with Gasteiger partial charge in [-0.15, -0.1) is 0 Å². The molecule has 15 nitrogen and oxygen atoms in total. The number of ether oxygens (including phenoxy) is 8. The van der Waals surface area contributed by atoms with Crippen LogP contribution in [0.5, 0.6) is 0 Å². The van der Waals surface area contributed by atoms with Crippen LogP contribution in [0.25, 0.3) is 0 Å². The second-order valence-electron chi connectivity index (χ2n) is 13.6. The van der Waals surface area contributed by atoms with Crippen LogP contribution in [0.3, 0.4) is 0 Å². The Bertz CT molecular complexity index is 934. The van der Waals surface area contributed by atoms with Crippen LogP contribution in [0.1, 0.15) is 66.7 Å². The lowest BCUT2D eigenvalue weighted by Gasteiger charge is -2.49. The van der Waals surface area contributed by atoms with E-state index in [1.165, 1.54) is 6.92 Å². The molecule has 294 valence electrons. The van der Waals surface area contributed by atoms with E-state index >= 15 is 0 Å². The molecule has 1 rings (SSSR count). The fourth-order valence-electron chi connectivity index (χ4n) is 4.59. The van der Waals surface area contributed by atoms with E-state index in [0.717, 1.165) is 0 Å². The second kappa shape index (κ2) is 26.2. The molecule has 3 N–H and O–H groups in total. The van der Waals surface area contributed by atoms with Crippen molar-refractivity contribution < 1.29 is 66.9 Å². The lowest BCUT2D eigenvalue weighted by atomic mass is 9.95. The summed E-state index contributed by atoms with van der Waals surface area (Å²) in [6, 6.07) is -0.686.